The molecule has 1 heterocycles. The second kappa shape index (κ2) is 4.60. The van der Waals surface area contributed by atoms with Crippen LogP contribution in [0.25, 0.3) is 0 Å². The lowest BCUT2D eigenvalue weighted by Gasteiger charge is -2.41. The van der Waals surface area contributed by atoms with Crippen molar-refractivity contribution in [1.82, 2.24) is 10.6 Å². The summed E-state index contributed by atoms with van der Waals surface area (Å²) in [4.78, 5) is 12.2. The fraction of sp³-hybridized carbons (Fsp3) is 0.929. The first-order chi connectivity index (χ1) is 7.93. The van der Waals surface area contributed by atoms with Crippen molar-refractivity contribution in [2.24, 2.45) is 10.8 Å². The average molecular weight is 238 g/mol. The number of piperidine rings is 1. The fourth-order valence-electron chi connectivity index (χ4n) is 3.02. The molecule has 0 aromatic carbocycles. The summed E-state index contributed by atoms with van der Waals surface area (Å²) in [6, 6.07) is -0.0140. The standard InChI is InChI=1S/C14H26N2O/c1-13(2)6-5-9-15-11(13)12(17)16-10-14(3)7-4-8-14/h11,15H,4-10H2,1-3H3,(H,16,17). The van der Waals surface area contributed by atoms with Crippen molar-refractivity contribution in [3.05, 3.63) is 0 Å². The van der Waals surface area contributed by atoms with Crippen LogP contribution in [-0.4, -0.2) is 25.0 Å². The summed E-state index contributed by atoms with van der Waals surface area (Å²) in [6.07, 6.45) is 6.15. The van der Waals surface area contributed by atoms with Crippen LogP contribution in [0.15, 0.2) is 0 Å². The molecular weight excluding hydrogens is 212 g/mol. The lowest BCUT2D eigenvalue weighted by molar-refractivity contribution is -0.127. The first-order valence-corrected chi connectivity index (χ1v) is 6.94. The van der Waals surface area contributed by atoms with Gasteiger partial charge in [0, 0.05) is 6.54 Å². The molecule has 3 heteroatoms. The van der Waals surface area contributed by atoms with E-state index < -0.39 is 0 Å². The number of carbonyl (C=O) groups excluding carboxylic acids is 1. The third kappa shape index (κ3) is 2.82. The number of carbonyl (C=O) groups is 1. The lowest BCUT2D eigenvalue weighted by atomic mass is 9.70. The first-order valence-electron chi connectivity index (χ1n) is 6.94. The molecule has 0 aromatic heterocycles. The molecule has 0 spiro atoms. The molecule has 3 nitrogen and oxygen atoms in total. The van der Waals surface area contributed by atoms with Crippen molar-refractivity contribution in [3.63, 3.8) is 0 Å². The first kappa shape index (κ1) is 12.9. The minimum absolute atomic E-state index is 0.0140. The zero-order valence-corrected chi connectivity index (χ0v) is 11.4. The Hall–Kier alpha value is -0.570. The van der Waals surface area contributed by atoms with Crippen molar-refractivity contribution < 1.29 is 4.79 Å². The molecule has 1 aliphatic heterocycles. The second-order valence-corrected chi connectivity index (χ2v) is 6.86. The maximum atomic E-state index is 12.2. The second-order valence-electron chi connectivity index (χ2n) is 6.86. The van der Waals surface area contributed by atoms with Crippen LogP contribution in [0.5, 0.6) is 0 Å². The summed E-state index contributed by atoms with van der Waals surface area (Å²) < 4.78 is 0. The van der Waals surface area contributed by atoms with E-state index in [1.54, 1.807) is 0 Å². The third-order valence-corrected chi connectivity index (χ3v) is 4.64. The quantitative estimate of drug-likeness (QED) is 0.790. The van der Waals surface area contributed by atoms with Crippen molar-refractivity contribution in [1.29, 1.82) is 0 Å². The monoisotopic (exact) mass is 238 g/mol. The number of rotatable bonds is 3. The van der Waals surface area contributed by atoms with Crippen LogP contribution in [0.1, 0.15) is 52.9 Å². The van der Waals surface area contributed by atoms with Crippen LogP contribution in [0.3, 0.4) is 0 Å². The lowest BCUT2D eigenvalue weighted by Crippen LogP contribution is -2.57. The van der Waals surface area contributed by atoms with Gasteiger partial charge in [0.15, 0.2) is 0 Å². The van der Waals surface area contributed by atoms with Gasteiger partial charge in [0.1, 0.15) is 0 Å². The van der Waals surface area contributed by atoms with E-state index >= 15 is 0 Å². The molecule has 1 unspecified atom stereocenters. The fourth-order valence-corrected chi connectivity index (χ4v) is 3.02. The highest BCUT2D eigenvalue weighted by atomic mass is 16.2. The molecule has 2 aliphatic rings. The van der Waals surface area contributed by atoms with Gasteiger partial charge in [0.25, 0.3) is 0 Å². The number of amides is 1. The Morgan fingerprint density at radius 2 is 1.94 bits per heavy atom. The van der Waals surface area contributed by atoms with E-state index in [0.29, 0.717) is 5.41 Å². The maximum Gasteiger partial charge on any atom is 0.237 e. The van der Waals surface area contributed by atoms with Crippen LogP contribution in [0.4, 0.5) is 0 Å². The zero-order valence-electron chi connectivity index (χ0n) is 11.4. The molecule has 1 aliphatic carbocycles. The Kier molecular flexibility index (Phi) is 3.48. The number of hydrogen-bond acceptors (Lipinski definition) is 2. The molecule has 98 valence electrons. The van der Waals surface area contributed by atoms with E-state index in [4.69, 9.17) is 0 Å². The van der Waals surface area contributed by atoms with E-state index in [9.17, 15) is 4.79 Å². The van der Waals surface area contributed by atoms with Crippen LogP contribution < -0.4 is 10.6 Å². The normalized spacial score (nSPS) is 30.4. The van der Waals surface area contributed by atoms with E-state index in [2.05, 4.69) is 31.4 Å². The molecule has 2 fully saturated rings. The van der Waals surface area contributed by atoms with Gasteiger partial charge in [-0.2, -0.15) is 0 Å². The van der Waals surface area contributed by atoms with E-state index in [1.807, 2.05) is 0 Å². The summed E-state index contributed by atoms with van der Waals surface area (Å²) in [5.41, 5.74) is 0.456. The Balaban J connectivity index is 1.86. The molecule has 1 atom stereocenters. The van der Waals surface area contributed by atoms with Gasteiger partial charge in [-0.05, 0) is 43.1 Å². The minimum atomic E-state index is -0.0140. The molecule has 1 amide bonds. The zero-order chi connectivity index (χ0) is 12.5. The predicted octanol–water partition coefficient (Wildman–Crippen LogP) is 2.07. The van der Waals surface area contributed by atoms with Gasteiger partial charge in [-0.1, -0.05) is 27.2 Å². The summed E-state index contributed by atoms with van der Waals surface area (Å²) in [5, 5.41) is 6.52. The van der Waals surface area contributed by atoms with Gasteiger partial charge in [0.05, 0.1) is 6.04 Å². The third-order valence-electron chi connectivity index (χ3n) is 4.64. The predicted molar refractivity (Wildman–Crippen MR) is 69.8 cm³/mol. The van der Waals surface area contributed by atoms with Crippen molar-refractivity contribution >= 4 is 5.91 Å². The van der Waals surface area contributed by atoms with Crippen molar-refractivity contribution in [2.45, 2.75) is 58.9 Å². The molecule has 0 aromatic rings. The van der Waals surface area contributed by atoms with E-state index in [1.165, 1.54) is 25.7 Å². The largest absolute Gasteiger partial charge is 0.354 e. The maximum absolute atomic E-state index is 12.2. The Bertz CT molecular complexity index is 295. The van der Waals surface area contributed by atoms with Gasteiger partial charge < -0.3 is 10.6 Å². The van der Waals surface area contributed by atoms with Crippen LogP contribution in [-0.2, 0) is 4.79 Å². The highest BCUT2D eigenvalue weighted by Crippen LogP contribution is 2.39. The molecule has 2 N–H and O–H groups in total. The van der Waals surface area contributed by atoms with Gasteiger partial charge in [-0.3, -0.25) is 4.79 Å². The van der Waals surface area contributed by atoms with Crippen LogP contribution in [0, 0.1) is 10.8 Å². The SMILES string of the molecule is CC1(CNC(=O)C2NCCCC2(C)C)CCC1. The highest BCUT2D eigenvalue weighted by Gasteiger charge is 2.38. The minimum Gasteiger partial charge on any atom is -0.354 e. The molecule has 0 bridgehead atoms. The molecule has 1 saturated carbocycles. The molecule has 1 saturated heterocycles. The van der Waals surface area contributed by atoms with Gasteiger partial charge in [0.2, 0.25) is 5.91 Å². The highest BCUT2D eigenvalue weighted by molar-refractivity contribution is 5.82. The topological polar surface area (TPSA) is 41.1 Å². The average Bonchev–Trinajstić information content (AvgIpc) is 2.22. The molecule has 17 heavy (non-hydrogen) atoms. The van der Waals surface area contributed by atoms with Crippen LogP contribution in [0.2, 0.25) is 0 Å². The van der Waals surface area contributed by atoms with E-state index in [-0.39, 0.29) is 17.4 Å². The van der Waals surface area contributed by atoms with Gasteiger partial charge in [-0.25, -0.2) is 0 Å². The Labute approximate surface area is 105 Å². The van der Waals surface area contributed by atoms with Crippen molar-refractivity contribution in [2.75, 3.05) is 13.1 Å². The Morgan fingerprint density at radius 1 is 1.24 bits per heavy atom. The smallest absolute Gasteiger partial charge is 0.237 e. The summed E-state index contributed by atoms with van der Waals surface area (Å²) >= 11 is 0. The molecular formula is C14H26N2O. The molecule has 2 rings (SSSR count). The van der Waals surface area contributed by atoms with Crippen LogP contribution >= 0.6 is 0 Å². The Morgan fingerprint density at radius 3 is 2.47 bits per heavy atom. The van der Waals surface area contributed by atoms with E-state index in [0.717, 1.165) is 19.5 Å². The summed E-state index contributed by atoms with van der Waals surface area (Å²) in [6.45, 7) is 8.47. The van der Waals surface area contributed by atoms with Gasteiger partial charge >= 0.3 is 0 Å². The van der Waals surface area contributed by atoms with Gasteiger partial charge in [-0.15, -0.1) is 0 Å². The molecule has 0 radical (unpaired) electrons. The number of nitrogens with one attached hydrogen (secondary N) is 2. The van der Waals surface area contributed by atoms with Crippen molar-refractivity contribution in [3.8, 4) is 0 Å². The summed E-state index contributed by atoms with van der Waals surface area (Å²) in [7, 11) is 0. The summed E-state index contributed by atoms with van der Waals surface area (Å²) in [5.74, 6) is 0.197. The number of hydrogen-bond donors (Lipinski definition) is 2.